The van der Waals surface area contributed by atoms with Gasteiger partial charge in [-0.1, -0.05) is 18.2 Å². The maximum Gasteiger partial charge on any atom is 0.319 e. The van der Waals surface area contributed by atoms with Crippen LogP contribution in [0.2, 0.25) is 0 Å². The average Bonchev–Trinajstić information content (AvgIpc) is 2.59. The van der Waals surface area contributed by atoms with Crippen molar-refractivity contribution >= 4 is 11.7 Å². The second kappa shape index (κ2) is 7.81. The molecular weight excluding hydrogens is 307 g/mol. The van der Waals surface area contributed by atoms with E-state index in [1.807, 2.05) is 12.1 Å². The molecule has 0 radical (unpaired) electrons. The Morgan fingerprint density at radius 3 is 2.83 bits per heavy atom. The van der Waals surface area contributed by atoms with Crippen molar-refractivity contribution in [1.29, 1.82) is 0 Å². The molecule has 0 fully saturated rings. The Bertz CT molecular complexity index is 718. The summed E-state index contributed by atoms with van der Waals surface area (Å²) in [5.74, 6) is 0.532. The first-order chi connectivity index (χ1) is 11.7. The first kappa shape index (κ1) is 16.3. The summed E-state index contributed by atoms with van der Waals surface area (Å²) in [7, 11) is 0. The fourth-order valence-corrected chi connectivity index (χ4v) is 2.95. The zero-order chi connectivity index (χ0) is 16.8. The predicted octanol–water partition coefficient (Wildman–Crippen LogP) is 3.91. The van der Waals surface area contributed by atoms with Gasteiger partial charge in [0.05, 0.1) is 6.54 Å². The molecule has 1 aliphatic carbocycles. The summed E-state index contributed by atoms with van der Waals surface area (Å²) in [5, 5.41) is 5.29. The van der Waals surface area contributed by atoms with Gasteiger partial charge in [-0.15, -0.1) is 0 Å². The molecule has 0 heterocycles. The first-order valence-electron chi connectivity index (χ1n) is 8.26. The van der Waals surface area contributed by atoms with Gasteiger partial charge in [0, 0.05) is 5.69 Å². The van der Waals surface area contributed by atoms with Gasteiger partial charge in [0.15, 0.2) is 0 Å². The van der Waals surface area contributed by atoms with Crippen molar-refractivity contribution in [3.8, 4) is 5.75 Å². The number of carbonyl (C=O) groups excluding carboxylic acids is 1. The molecule has 2 amide bonds. The number of ether oxygens (including phenoxy) is 1. The van der Waals surface area contributed by atoms with E-state index in [0.717, 1.165) is 18.6 Å². The lowest BCUT2D eigenvalue weighted by atomic mass is 9.91. The number of halogens is 1. The predicted molar refractivity (Wildman–Crippen MR) is 92.0 cm³/mol. The number of urea groups is 1. The average molecular weight is 328 g/mol. The maximum atomic E-state index is 13.1. The van der Waals surface area contributed by atoms with E-state index in [0.29, 0.717) is 18.8 Å². The number of carbonyl (C=O) groups is 1. The van der Waals surface area contributed by atoms with E-state index < -0.39 is 0 Å². The molecule has 2 N–H and O–H groups in total. The molecule has 0 aliphatic heterocycles. The van der Waals surface area contributed by atoms with E-state index >= 15 is 0 Å². The number of nitrogens with one attached hydrogen (secondary N) is 2. The van der Waals surface area contributed by atoms with E-state index in [-0.39, 0.29) is 11.8 Å². The molecule has 0 unspecified atom stereocenters. The summed E-state index contributed by atoms with van der Waals surface area (Å²) in [6.45, 7) is 0.776. The molecular formula is C19H21FN2O2. The van der Waals surface area contributed by atoms with Gasteiger partial charge in [0.2, 0.25) is 0 Å². The van der Waals surface area contributed by atoms with Crippen LogP contribution in [0.5, 0.6) is 5.75 Å². The lowest BCUT2D eigenvalue weighted by Crippen LogP contribution is -2.32. The number of amides is 2. The van der Waals surface area contributed by atoms with Crippen molar-refractivity contribution in [3.63, 3.8) is 0 Å². The number of hydrogen-bond donors (Lipinski definition) is 2. The molecule has 2 aromatic carbocycles. The molecule has 0 aromatic heterocycles. The third-order valence-electron chi connectivity index (χ3n) is 4.08. The van der Waals surface area contributed by atoms with E-state index in [2.05, 4.69) is 16.7 Å². The van der Waals surface area contributed by atoms with Crippen LogP contribution >= 0.6 is 0 Å². The van der Waals surface area contributed by atoms with Crippen LogP contribution in [0, 0.1) is 5.82 Å². The second-order valence-corrected chi connectivity index (χ2v) is 5.84. The van der Waals surface area contributed by atoms with Gasteiger partial charge >= 0.3 is 6.03 Å². The highest BCUT2D eigenvalue weighted by molar-refractivity contribution is 5.89. The van der Waals surface area contributed by atoms with Crippen LogP contribution in [-0.4, -0.2) is 19.2 Å². The molecule has 24 heavy (non-hydrogen) atoms. The van der Waals surface area contributed by atoms with Gasteiger partial charge < -0.3 is 15.4 Å². The summed E-state index contributed by atoms with van der Waals surface area (Å²) < 4.78 is 18.9. The van der Waals surface area contributed by atoms with Crippen LogP contribution in [-0.2, 0) is 12.8 Å². The van der Waals surface area contributed by atoms with Crippen LogP contribution < -0.4 is 15.4 Å². The lowest BCUT2D eigenvalue weighted by molar-refractivity contribution is 0.247. The van der Waals surface area contributed by atoms with Crippen LogP contribution in [0.25, 0.3) is 0 Å². The van der Waals surface area contributed by atoms with Crippen molar-refractivity contribution < 1.29 is 13.9 Å². The summed E-state index contributed by atoms with van der Waals surface area (Å²) in [6.07, 6.45) is 4.60. The number of benzene rings is 2. The van der Waals surface area contributed by atoms with Crippen molar-refractivity contribution in [3.05, 3.63) is 59.4 Å². The Morgan fingerprint density at radius 1 is 1.12 bits per heavy atom. The monoisotopic (exact) mass is 328 g/mol. The molecule has 0 bridgehead atoms. The molecule has 0 spiro atoms. The standard InChI is InChI=1S/C19H21FN2O2/c20-15-7-4-8-16(13-15)22-19(23)21-11-12-24-18-10-3-6-14-5-1-2-9-17(14)18/h3-4,6-8,10,13H,1-2,5,9,11-12H2,(H2,21,22,23). The summed E-state index contributed by atoms with van der Waals surface area (Å²) in [4.78, 5) is 11.8. The highest BCUT2D eigenvalue weighted by Crippen LogP contribution is 2.29. The lowest BCUT2D eigenvalue weighted by Gasteiger charge is -2.19. The molecule has 2 aromatic rings. The molecule has 0 atom stereocenters. The third kappa shape index (κ3) is 4.25. The molecule has 4 nitrogen and oxygen atoms in total. The van der Waals surface area contributed by atoms with Crippen LogP contribution in [0.4, 0.5) is 14.9 Å². The minimum Gasteiger partial charge on any atom is -0.491 e. The maximum absolute atomic E-state index is 13.1. The van der Waals surface area contributed by atoms with E-state index in [4.69, 9.17) is 4.74 Å². The summed E-state index contributed by atoms with van der Waals surface area (Å²) >= 11 is 0. The Balaban J connectivity index is 1.45. The fraction of sp³-hybridized carbons (Fsp3) is 0.316. The zero-order valence-corrected chi connectivity index (χ0v) is 13.5. The third-order valence-corrected chi connectivity index (χ3v) is 4.08. The Hall–Kier alpha value is -2.56. The summed E-state index contributed by atoms with van der Waals surface area (Å²) in [6, 6.07) is 11.6. The highest BCUT2D eigenvalue weighted by atomic mass is 19.1. The summed E-state index contributed by atoms with van der Waals surface area (Å²) in [5.41, 5.74) is 3.09. The van der Waals surface area contributed by atoms with Crippen molar-refractivity contribution in [2.45, 2.75) is 25.7 Å². The van der Waals surface area contributed by atoms with Crippen molar-refractivity contribution in [2.75, 3.05) is 18.5 Å². The van der Waals surface area contributed by atoms with E-state index in [1.54, 1.807) is 12.1 Å². The van der Waals surface area contributed by atoms with Gasteiger partial charge in [0.1, 0.15) is 18.2 Å². The van der Waals surface area contributed by atoms with Gasteiger partial charge in [-0.2, -0.15) is 0 Å². The Labute approximate surface area is 141 Å². The minimum absolute atomic E-state index is 0.376. The number of anilines is 1. The van der Waals surface area contributed by atoms with Crippen molar-refractivity contribution in [2.24, 2.45) is 0 Å². The van der Waals surface area contributed by atoms with Gasteiger partial charge in [-0.25, -0.2) is 9.18 Å². The van der Waals surface area contributed by atoms with Gasteiger partial charge in [-0.05, 0) is 61.1 Å². The Morgan fingerprint density at radius 2 is 1.96 bits per heavy atom. The number of rotatable bonds is 5. The molecule has 0 saturated heterocycles. The highest BCUT2D eigenvalue weighted by Gasteiger charge is 2.13. The van der Waals surface area contributed by atoms with E-state index in [1.165, 1.54) is 36.1 Å². The second-order valence-electron chi connectivity index (χ2n) is 5.84. The first-order valence-corrected chi connectivity index (χ1v) is 8.26. The number of hydrogen-bond acceptors (Lipinski definition) is 2. The largest absolute Gasteiger partial charge is 0.491 e. The van der Waals surface area contributed by atoms with Crippen molar-refractivity contribution in [1.82, 2.24) is 5.32 Å². The quantitative estimate of drug-likeness (QED) is 0.818. The normalized spacial score (nSPS) is 13.0. The SMILES string of the molecule is O=C(NCCOc1cccc2c1CCCC2)Nc1cccc(F)c1. The molecule has 126 valence electrons. The zero-order valence-electron chi connectivity index (χ0n) is 13.5. The van der Waals surface area contributed by atoms with Crippen LogP contribution in [0.1, 0.15) is 24.0 Å². The number of aryl methyl sites for hydroxylation is 1. The van der Waals surface area contributed by atoms with Crippen LogP contribution in [0.15, 0.2) is 42.5 Å². The van der Waals surface area contributed by atoms with E-state index in [9.17, 15) is 9.18 Å². The fourth-order valence-electron chi connectivity index (χ4n) is 2.95. The smallest absolute Gasteiger partial charge is 0.319 e. The molecule has 0 saturated carbocycles. The van der Waals surface area contributed by atoms with Gasteiger partial charge in [-0.3, -0.25) is 0 Å². The topological polar surface area (TPSA) is 50.4 Å². The molecule has 3 rings (SSSR count). The minimum atomic E-state index is -0.384. The molecule has 1 aliphatic rings. The molecule has 5 heteroatoms. The number of fused-ring (bicyclic) bond motifs is 1. The van der Waals surface area contributed by atoms with Crippen LogP contribution in [0.3, 0.4) is 0 Å². The Kier molecular flexibility index (Phi) is 5.31. The van der Waals surface area contributed by atoms with Gasteiger partial charge in [0.25, 0.3) is 0 Å².